The van der Waals surface area contributed by atoms with Crippen molar-refractivity contribution in [3.63, 3.8) is 0 Å². The fourth-order valence-corrected chi connectivity index (χ4v) is 5.25. The first kappa shape index (κ1) is 26.8. The normalized spacial score (nSPS) is 11.8. The largest absolute Gasteiger partial charge is 0.332 e. The Balaban J connectivity index is 1.85. The van der Waals surface area contributed by atoms with Crippen LogP contribution in [0.3, 0.4) is 0 Å². The third-order valence-electron chi connectivity index (χ3n) is 5.83. The van der Waals surface area contributed by atoms with Crippen molar-refractivity contribution in [2.24, 2.45) is 0 Å². The summed E-state index contributed by atoms with van der Waals surface area (Å²) in [5, 5.41) is 0. The van der Waals surface area contributed by atoms with E-state index in [1.807, 2.05) is 13.8 Å². The van der Waals surface area contributed by atoms with Crippen LogP contribution >= 0.6 is 15.9 Å². The molecule has 0 aliphatic rings. The van der Waals surface area contributed by atoms with Crippen LogP contribution in [0.1, 0.15) is 52.6 Å². The summed E-state index contributed by atoms with van der Waals surface area (Å²) in [6.45, 7) is 7.64. The van der Waals surface area contributed by atoms with Crippen LogP contribution in [-0.4, -0.2) is 43.6 Å². The van der Waals surface area contributed by atoms with E-state index >= 15 is 0 Å². The molecular weight excluding hydrogens is 528 g/mol. The number of carbonyl (C=O) groups excluding carboxylic acids is 2. The first-order valence-electron chi connectivity index (χ1n) is 11.2. The number of benzene rings is 3. The summed E-state index contributed by atoms with van der Waals surface area (Å²) in [6.07, 6.45) is 0. The molecule has 0 fully saturated rings. The third-order valence-corrected chi connectivity index (χ3v) is 7.77. The highest BCUT2D eigenvalue weighted by Gasteiger charge is 2.33. The zero-order chi connectivity index (χ0) is 25.8. The van der Waals surface area contributed by atoms with Crippen molar-refractivity contribution in [2.75, 3.05) is 13.1 Å². The van der Waals surface area contributed by atoms with Crippen LogP contribution in [-0.2, 0) is 10.0 Å². The number of carbonyl (C=O) groups is 2. The van der Waals surface area contributed by atoms with Gasteiger partial charge in [-0.15, -0.1) is 0 Å². The molecule has 0 aliphatic heterocycles. The molecular formula is C27H29BrN2O4S. The molecule has 1 amide bonds. The Morgan fingerprint density at radius 2 is 1.49 bits per heavy atom. The predicted octanol–water partition coefficient (Wildman–Crippen LogP) is 5.21. The Morgan fingerprint density at radius 1 is 0.914 bits per heavy atom. The van der Waals surface area contributed by atoms with Gasteiger partial charge in [-0.2, -0.15) is 0 Å². The summed E-state index contributed by atoms with van der Waals surface area (Å²) >= 11 is 3.36. The molecule has 6 nitrogen and oxygen atoms in total. The maximum atomic E-state index is 13.7. The van der Waals surface area contributed by atoms with Gasteiger partial charge in [-0.3, -0.25) is 9.59 Å². The lowest BCUT2D eigenvalue weighted by atomic mass is 9.95. The highest BCUT2D eigenvalue weighted by molar-refractivity contribution is 9.10. The lowest BCUT2D eigenvalue weighted by molar-refractivity contribution is 0.0571. The summed E-state index contributed by atoms with van der Waals surface area (Å²) in [6, 6.07) is 20.2. The molecule has 8 heteroatoms. The molecule has 0 aliphatic carbocycles. The summed E-state index contributed by atoms with van der Waals surface area (Å²) in [7, 11) is -3.75. The van der Waals surface area contributed by atoms with Crippen LogP contribution in [0.15, 0.2) is 82.2 Å². The van der Waals surface area contributed by atoms with Gasteiger partial charge in [0, 0.05) is 28.7 Å². The van der Waals surface area contributed by atoms with Crippen LogP contribution in [0.2, 0.25) is 0 Å². The van der Waals surface area contributed by atoms with E-state index in [9.17, 15) is 18.0 Å². The van der Waals surface area contributed by atoms with Gasteiger partial charge in [-0.1, -0.05) is 51.8 Å². The van der Waals surface area contributed by atoms with Gasteiger partial charge in [0.25, 0.3) is 5.91 Å². The molecule has 35 heavy (non-hydrogen) atoms. The van der Waals surface area contributed by atoms with Gasteiger partial charge in [-0.25, -0.2) is 13.1 Å². The van der Waals surface area contributed by atoms with Crippen molar-refractivity contribution in [2.45, 2.75) is 38.1 Å². The van der Waals surface area contributed by atoms with Crippen LogP contribution < -0.4 is 4.72 Å². The number of hydrogen-bond acceptors (Lipinski definition) is 4. The molecule has 0 atom stereocenters. The van der Waals surface area contributed by atoms with Gasteiger partial charge in [0.15, 0.2) is 5.78 Å². The molecule has 0 radical (unpaired) electrons. The first-order chi connectivity index (χ1) is 16.5. The van der Waals surface area contributed by atoms with E-state index in [0.717, 1.165) is 10.0 Å². The average Bonchev–Trinajstić information content (AvgIpc) is 2.83. The summed E-state index contributed by atoms with van der Waals surface area (Å²) < 4.78 is 29.1. The second-order valence-corrected chi connectivity index (χ2v) is 11.6. The standard InChI is InChI=1S/C27H29BrN2O4S/c1-5-30(27(3,4)18-29-35(33,34)22-16-10-19(2)11-17-22)26(32)24-9-7-6-8-23(24)25(31)20-12-14-21(28)15-13-20/h6-17,29H,5,18H2,1-4H3. The Hall–Kier alpha value is -2.81. The minimum absolute atomic E-state index is 0.00557. The number of sulfonamides is 1. The van der Waals surface area contributed by atoms with Gasteiger partial charge in [0.2, 0.25) is 10.0 Å². The van der Waals surface area contributed by atoms with Crippen LogP contribution in [0.4, 0.5) is 0 Å². The number of amides is 1. The van der Waals surface area contributed by atoms with Crippen LogP contribution in [0.5, 0.6) is 0 Å². The Bertz CT molecular complexity index is 1320. The molecule has 3 aromatic rings. The van der Waals surface area contributed by atoms with Crippen molar-refractivity contribution in [1.29, 1.82) is 0 Å². The lowest BCUT2D eigenvalue weighted by Gasteiger charge is -2.38. The van der Waals surface area contributed by atoms with E-state index in [4.69, 9.17) is 0 Å². The van der Waals surface area contributed by atoms with Gasteiger partial charge < -0.3 is 4.90 Å². The number of likely N-dealkylation sites (N-methyl/N-ethyl adjacent to an activating group) is 1. The number of aryl methyl sites for hydroxylation is 1. The smallest absolute Gasteiger partial charge is 0.255 e. The van der Waals surface area contributed by atoms with Crippen molar-refractivity contribution < 1.29 is 18.0 Å². The Morgan fingerprint density at radius 3 is 2.06 bits per heavy atom. The maximum absolute atomic E-state index is 13.7. The minimum atomic E-state index is -3.75. The second kappa shape index (κ2) is 10.8. The number of hydrogen-bond donors (Lipinski definition) is 1. The SMILES string of the molecule is CCN(C(=O)c1ccccc1C(=O)c1ccc(Br)cc1)C(C)(C)CNS(=O)(=O)c1ccc(C)cc1. The van der Waals surface area contributed by atoms with E-state index in [2.05, 4.69) is 20.7 Å². The highest BCUT2D eigenvalue weighted by atomic mass is 79.9. The molecule has 0 saturated carbocycles. The highest BCUT2D eigenvalue weighted by Crippen LogP contribution is 2.23. The summed E-state index contributed by atoms with van der Waals surface area (Å²) in [5.74, 6) is -0.594. The number of rotatable bonds is 9. The molecule has 0 bridgehead atoms. The van der Waals surface area contributed by atoms with E-state index < -0.39 is 15.6 Å². The van der Waals surface area contributed by atoms with E-state index in [0.29, 0.717) is 17.7 Å². The second-order valence-electron chi connectivity index (χ2n) is 8.88. The van der Waals surface area contributed by atoms with Crippen LogP contribution in [0, 0.1) is 6.92 Å². The molecule has 3 aromatic carbocycles. The maximum Gasteiger partial charge on any atom is 0.255 e. The van der Waals surface area contributed by atoms with E-state index in [1.165, 1.54) is 0 Å². The van der Waals surface area contributed by atoms with Crippen molar-refractivity contribution in [3.05, 3.63) is 99.5 Å². The monoisotopic (exact) mass is 556 g/mol. The van der Waals surface area contributed by atoms with Gasteiger partial charge in [0.1, 0.15) is 0 Å². The van der Waals surface area contributed by atoms with Crippen molar-refractivity contribution >= 4 is 37.6 Å². The zero-order valence-electron chi connectivity index (χ0n) is 20.2. The first-order valence-corrected chi connectivity index (χ1v) is 13.5. The van der Waals surface area contributed by atoms with Gasteiger partial charge in [-0.05, 0) is 70.2 Å². The van der Waals surface area contributed by atoms with Crippen LogP contribution in [0.25, 0.3) is 0 Å². The summed E-state index contributed by atoms with van der Waals surface area (Å²) in [5.41, 5.74) is 1.15. The molecule has 0 aromatic heterocycles. The fraction of sp³-hybridized carbons (Fsp3) is 0.259. The van der Waals surface area contributed by atoms with Crippen molar-refractivity contribution in [3.8, 4) is 0 Å². The molecule has 0 heterocycles. The number of nitrogens with zero attached hydrogens (tertiary/aromatic N) is 1. The molecule has 0 unspecified atom stereocenters. The third kappa shape index (κ3) is 6.25. The van der Waals surface area contributed by atoms with Gasteiger partial charge >= 0.3 is 0 Å². The minimum Gasteiger partial charge on any atom is -0.332 e. The molecule has 0 saturated heterocycles. The summed E-state index contributed by atoms with van der Waals surface area (Å²) in [4.78, 5) is 28.6. The quantitative estimate of drug-likeness (QED) is 0.367. The number of ketones is 1. The lowest BCUT2D eigenvalue weighted by Crippen LogP contribution is -2.54. The number of halogens is 1. The Kier molecular flexibility index (Phi) is 8.30. The topological polar surface area (TPSA) is 83.6 Å². The van der Waals surface area contributed by atoms with Gasteiger partial charge in [0.05, 0.1) is 16.0 Å². The van der Waals surface area contributed by atoms with E-state index in [1.54, 1.807) is 91.5 Å². The predicted molar refractivity (Wildman–Crippen MR) is 141 cm³/mol. The molecule has 0 spiro atoms. The zero-order valence-corrected chi connectivity index (χ0v) is 22.6. The molecule has 184 valence electrons. The average molecular weight is 558 g/mol. The fourth-order valence-electron chi connectivity index (χ4n) is 3.78. The molecule has 3 rings (SSSR count). The molecule has 1 N–H and O–H groups in total. The Labute approximate surface area is 215 Å². The number of nitrogens with one attached hydrogen (secondary N) is 1. The van der Waals surface area contributed by atoms with E-state index in [-0.39, 0.29) is 28.7 Å². The van der Waals surface area contributed by atoms with Crippen molar-refractivity contribution in [1.82, 2.24) is 9.62 Å².